The van der Waals surface area contributed by atoms with Gasteiger partial charge in [-0.2, -0.15) is 9.64 Å². The van der Waals surface area contributed by atoms with Crippen LogP contribution in [0.4, 0.5) is 5.00 Å². The maximum atomic E-state index is 11.9. The molecule has 0 aliphatic heterocycles. The number of nitriles is 1. The number of hydrogen-bond acceptors (Lipinski definition) is 6. The smallest absolute Gasteiger partial charge is 0.343 e. The van der Waals surface area contributed by atoms with Crippen molar-refractivity contribution in [3.8, 4) is 6.07 Å². The minimum absolute atomic E-state index is 0.0390. The van der Waals surface area contributed by atoms with E-state index in [0.29, 0.717) is 27.4 Å². The van der Waals surface area contributed by atoms with Crippen LogP contribution in [0, 0.1) is 18.3 Å². The van der Waals surface area contributed by atoms with Crippen LogP contribution in [0.3, 0.4) is 0 Å². The zero-order chi connectivity index (χ0) is 13.8. The van der Waals surface area contributed by atoms with Crippen molar-refractivity contribution in [2.45, 2.75) is 13.5 Å². The van der Waals surface area contributed by atoms with Gasteiger partial charge in [-0.3, -0.25) is 0 Å². The van der Waals surface area contributed by atoms with Crippen LogP contribution in [0.15, 0.2) is 24.3 Å². The molecule has 0 aliphatic rings. The Hall–Kier alpha value is -2.39. The SMILES string of the molecule is Cc1nsc(N)c1C(=O)OCc1ccccc1C#N. The molecule has 2 rings (SSSR count). The second-order valence-electron chi connectivity index (χ2n) is 3.85. The van der Waals surface area contributed by atoms with Crippen molar-refractivity contribution in [2.75, 3.05) is 5.73 Å². The Balaban J connectivity index is 2.12. The third kappa shape index (κ3) is 2.72. The molecule has 1 aromatic carbocycles. The fraction of sp³-hybridized carbons (Fsp3) is 0.154. The first-order chi connectivity index (χ1) is 9.13. The molecular weight excluding hydrogens is 262 g/mol. The molecule has 0 atom stereocenters. The Morgan fingerprint density at radius 2 is 2.26 bits per heavy atom. The summed E-state index contributed by atoms with van der Waals surface area (Å²) in [6.45, 7) is 1.74. The Bertz CT molecular complexity index is 639. The highest BCUT2D eigenvalue weighted by molar-refractivity contribution is 7.10. The van der Waals surface area contributed by atoms with Crippen molar-refractivity contribution in [3.05, 3.63) is 46.6 Å². The highest BCUT2D eigenvalue weighted by Crippen LogP contribution is 2.22. The van der Waals surface area contributed by atoms with E-state index in [-0.39, 0.29) is 6.61 Å². The molecule has 19 heavy (non-hydrogen) atoms. The number of rotatable bonds is 3. The van der Waals surface area contributed by atoms with E-state index in [4.69, 9.17) is 15.7 Å². The Kier molecular flexibility index (Phi) is 3.78. The van der Waals surface area contributed by atoms with Gasteiger partial charge in [0.2, 0.25) is 0 Å². The number of anilines is 1. The highest BCUT2D eigenvalue weighted by atomic mass is 32.1. The molecule has 6 heteroatoms. The molecule has 2 N–H and O–H groups in total. The van der Waals surface area contributed by atoms with Gasteiger partial charge in [-0.05, 0) is 24.5 Å². The minimum Gasteiger partial charge on any atom is -0.457 e. The van der Waals surface area contributed by atoms with Crippen molar-refractivity contribution < 1.29 is 9.53 Å². The van der Waals surface area contributed by atoms with E-state index in [2.05, 4.69) is 10.4 Å². The molecule has 0 saturated heterocycles. The Labute approximate surface area is 114 Å². The first kappa shape index (κ1) is 13.1. The normalized spacial score (nSPS) is 9.89. The largest absolute Gasteiger partial charge is 0.457 e. The number of aromatic nitrogens is 1. The number of nitrogens with two attached hydrogens (primary N) is 1. The summed E-state index contributed by atoms with van der Waals surface area (Å²) in [5, 5.41) is 9.28. The molecule has 0 spiro atoms. The van der Waals surface area contributed by atoms with Gasteiger partial charge in [0.05, 0.1) is 17.3 Å². The molecule has 0 radical (unpaired) electrons. The van der Waals surface area contributed by atoms with E-state index in [1.807, 2.05) is 0 Å². The van der Waals surface area contributed by atoms with Gasteiger partial charge in [0, 0.05) is 5.56 Å². The summed E-state index contributed by atoms with van der Waals surface area (Å²) in [5.74, 6) is -0.517. The summed E-state index contributed by atoms with van der Waals surface area (Å²) in [5.41, 5.74) is 7.69. The van der Waals surface area contributed by atoms with Gasteiger partial charge < -0.3 is 10.5 Å². The summed E-state index contributed by atoms with van der Waals surface area (Å²) < 4.78 is 9.16. The van der Waals surface area contributed by atoms with Crippen LogP contribution < -0.4 is 5.73 Å². The third-order valence-corrected chi connectivity index (χ3v) is 3.36. The third-order valence-electron chi connectivity index (χ3n) is 2.59. The van der Waals surface area contributed by atoms with E-state index >= 15 is 0 Å². The number of hydrogen-bond donors (Lipinski definition) is 1. The van der Waals surface area contributed by atoms with Crippen LogP contribution in [0.25, 0.3) is 0 Å². The van der Waals surface area contributed by atoms with Crippen molar-refractivity contribution >= 4 is 22.5 Å². The molecule has 0 saturated carbocycles. The van der Waals surface area contributed by atoms with Gasteiger partial charge in [0.1, 0.15) is 17.2 Å². The van der Waals surface area contributed by atoms with Crippen LogP contribution in [-0.2, 0) is 11.3 Å². The fourth-order valence-electron chi connectivity index (χ4n) is 1.61. The number of carbonyl (C=O) groups is 1. The molecule has 0 bridgehead atoms. The average molecular weight is 273 g/mol. The molecule has 0 fully saturated rings. The van der Waals surface area contributed by atoms with E-state index in [1.165, 1.54) is 0 Å². The number of nitrogens with zero attached hydrogens (tertiary/aromatic N) is 2. The van der Waals surface area contributed by atoms with Crippen LogP contribution in [0.2, 0.25) is 0 Å². The lowest BCUT2D eigenvalue weighted by Crippen LogP contribution is -2.08. The summed E-state index contributed by atoms with van der Waals surface area (Å²) in [6.07, 6.45) is 0. The highest BCUT2D eigenvalue weighted by Gasteiger charge is 2.18. The monoisotopic (exact) mass is 273 g/mol. The Morgan fingerprint density at radius 1 is 1.53 bits per heavy atom. The number of aryl methyl sites for hydroxylation is 1. The first-order valence-electron chi connectivity index (χ1n) is 5.50. The number of benzene rings is 1. The van der Waals surface area contributed by atoms with Crippen LogP contribution >= 0.6 is 11.5 Å². The van der Waals surface area contributed by atoms with Crippen LogP contribution in [-0.4, -0.2) is 10.3 Å². The Morgan fingerprint density at radius 3 is 2.89 bits per heavy atom. The molecule has 96 valence electrons. The topological polar surface area (TPSA) is 89.0 Å². The molecule has 2 aromatic rings. The van der Waals surface area contributed by atoms with Crippen molar-refractivity contribution in [2.24, 2.45) is 0 Å². The molecular formula is C13H11N3O2S. The lowest BCUT2D eigenvalue weighted by atomic mass is 10.1. The van der Waals surface area contributed by atoms with E-state index in [9.17, 15) is 4.79 Å². The molecule has 1 aromatic heterocycles. The summed E-state index contributed by atoms with van der Waals surface area (Å²) in [7, 11) is 0. The molecule has 0 amide bonds. The predicted octanol–water partition coefficient (Wildman–Crippen LogP) is 2.26. The zero-order valence-corrected chi connectivity index (χ0v) is 11.0. The summed E-state index contributed by atoms with van der Waals surface area (Å²) in [6, 6.07) is 9.02. The second-order valence-corrected chi connectivity index (χ2v) is 4.66. The fourth-order valence-corrected chi connectivity index (χ4v) is 2.26. The van der Waals surface area contributed by atoms with Gasteiger partial charge in [0.15, 0.2) is 0 Å². The van der Waals surface area contributed by atoms with Crippen molar-refractivity contribution in [1.29, 1.82) is 5.26 Å². The number of carbonyl (C=O) groups excluding carboxylic acids is 1. The molecule has 0 unspecified atom stereocenters. The maximum absolute atomic E-state index is 11.9. The van der Waals surface area contributed by atoms with Gasteiger partial charge in [-0.15, -0.1) is 0 Å². The van der Waals surface area contributed by atoms with Crippen molar-refractivity contribution in [1.82, 2.24) is 4.37 Å². The van der Waals surface area contributed by atoms with E-state index < -0.39 is 5.97 Å². The standard InChI is InChI=1S/C13H11N3O2S/c1-8-11(12(15)19-16-8)13(17)18-7-10-5-3-2-4-9(10)6-14/h2-5H,7,15H2,1H3. The van der Waals surface area contributed by atoms with E-state index in [0.717, 1.165) is 11.5 Å². The zero-order valence-electron chi connectivity index (χ0n) is 10.2. The van der Waals surface area contributed by atoms with Crippen molar-refractivity contribution in [3.63, 3.8) is 0 Å². The quantitative estimate of drug-likeness (QED) is 0.866. The lowest BCUT2D eigenvalue weighted by Gasteiger charge is -2.06. The maximum Gasteiger partial charge on any atom is 0.343 e. The second kappa shape index (κ2) is 5.50. The first-order valence-corrected chi connectivity index (χ1v) is 6.27. The van der Waals surface area contributed by atoms with Gasteiger partial charge in [-0.25, -0.2) is 4.79 Å². The number of esters is 1. The van der Waals surface area contributed by atoms with E-state index in [1.54, 1.807) is 31.2 Å². The van der Waals surface area contributed by atoms with Crippen LogP contribution in [0.5, 0.6) is 0 Å². The number of nitrogen functional groups attached to an aromatic ring is 1. The molecule has 1 heterocycles. The predicted molar refractivity (Wildman–Crippen MR) is 71.5 cm³/mol. The summed E-state index contributed by atoms with van der Waals surface area (Å²) in [4.78, 5) is 11.9. The molecule has 0 aliphatic carbocycles. The minimum atomic E-state index is -0.517. The molecule has 5 nitrogen and oxygen atoms in total. The van der Waals surface area contributed by atoms with Crippen LogP contribution in [0.1, 0.15) is 27.2 Å². The van der Waals surface area contributed by atoms with Gasteiger partial charge in [-0.1, -0.05) is 18.2 Å². The number of ether oxygens (including phenoxy) is 1. The van der Waals surface area contributed by atoms with Gasteiger partial charge >= 0.3 is 5.97 Å². The summed E-state index contributed by atoms with van der Waals surface area (Å²) >= 11 is 1.06. The lowest BCUT2D eigenvalue weighted by molar-refractivity contribution is 0.0473. The average Bonchev–Trinajstić information content (AvgIpc) is 2.76. The van der Waals surface area contributed by atoms with Gasteiger partial charge in [0.25, 0.3) is 0 Å².